The number of benzene rings is 1. The normalized spacial score (nSPS) is 24.6. The van der Waals surface area contributed by atoms with E-state index in [0.717, 1.165) is 12.6 Å². The SMILES string of the molecule is CC1(C)CC(CNC2CC2)(c2ccccc2Br)C1. The van der Waals surface area contributed by atoms with Crippen molar-refractivity contribution in [1.82, 2.24) is 5.32 Å². The Balaban J connectivity index is 1.83. The highest BCUT2D eigenvalue weighted by Gasteiger charge is 2.50. The van der Waals surface area contributed by atoms with E-state index in [9.17, 15) is 0 Å². The van der Waals surface area contributed by atoms with Crippen LogP contribution in [0.2, 0.25) is 0 Å². The lowest BCUT2D eigenvalue weighted by atomic mass is 9.52. The van der Waals surface area contributed by atoms with Gasteiger partial charge in [0.1, 0.15) is 0 Å². The standard InChI is InChI=1S/C16H22BrN/c1-15(2)9-16(10-15,11-18-12-7-8-12)13-5-3-4-6-14(13)17/h3-6,12,18H,7-11H2,1-2H3. The maximum atomic E-state index is 3.74. The highest BCUT2D eigenvalue weighted by Crippen LogP contribution is 2.56. The van der Waals surface area contributed by atoms with Crippen LogP contribution in [0.3, 0.4) is 0 Å². The van der Waals surface area contributed by atoms with Crippen LogP contribution < -0.4 is 5.32 Å². The van der Waals surface area contributed by atoms with Crippen LogP contribution in [0.15, 0.2) is 28.7 Å². The van der Waals surface area contributed by atoms with Gasteiger partial charge in [-0.25, -0.2) is 0 Å². The van der Waals surface area contributed by atoms with Gasteiger partial charge in [-0.05, 0) is 42.7 Å². The minimum absolute atomic E-state index is 0.353. The first-order chi connectivity index (χ1) is 8.51. The Bertz CT molecular complexity index is 440. The summed E-state index contributed by atoms with van der Waals surface area (Å²) in [5.74, 6) is 0. The molecule has 0 aromatic heterocycles. The predicted molar refractivity (Wildman–Crippen MR) is 79.9 cm³/mol. The van der Waals surface area contributed by atoms with Gasteiger partial charge in [0.2, 0.25) is 0 Å². The molecule has 0 atom stereocenters. The fourth-order valence-corrected chi connectivity index (χ4v) is 4.41. The molecule has 2 fully saturated rings. The van der Waals surface area contributed by atoms with Gasteiger partial charge in [0.25, 0.3) is 0 Å². The molecule has 0 saturated heterocycles. The van der Waals surface area contributed by atoms with Crippen LogP contribution in [0, 0.1) is 5.41 Å². The monoisotopic (exact) mass is 307 g/mol. The van der Waals surface area contributed by atoms with Crippen molar-refractivity contribution in [1.29, 1.82) is 0 Å². The molecule has 1 N–H and O–H groups in total. The Labute approximate surface area is 118 Å². The van der Waals surface area contributed by atoms with Crippen molar-refractivity contribution in [2.24, 2.45) is 5.41 Å². The van der Waals surface area contributed by atoms with E-state index in [1.165, 1.54) is 35.7 Å². The van der Waals surface area contributed by atoms with Crippen LogP contribution in [0.4, 0.5) is 0 Å². The van der Waals surface area contributed by atoms with E-state index in [0.29, 0.717) is 10.8 Å². The van der Waals surface area contributed by atoms with Crippen molar-refractivity contribution >= 4 is 15.9 Å². The maximum absolute atomic E-state index is 3.74. The number of halogens is 1. The zero-order chi connectivity index (χ0) is 12.8. The lowest BCUT2D eigenvalue weighted by Crippen LogP contribution is -2.53. The highest BCUT2D eigenvalue weighted by atomic mass is 79.9. The Morgan fingerprint density at radius 1 is 1.22 bits per heavy atom. The molecule has 2 saturated carbocycles. The summed E-state index contributed by atoms with van der Waals surface area (Å²) in [7, 11) is 0. The van der Waals surface area contributed by atoms with Crippen molar-refractivity contribution in [3.63, 3.8) is 0 Å². The Morgan fingerprint density at radius 3 is 2.44 bits per heavy atom. The molecule has 18 heavy (non-hydrogen) atoms. The fourth-order valence-electron chi connectivity index (χ4n) is 3.71. The maximum Gasteiger partial charge on any atom is 0.0213 e. The van der Waals surface area contributed by atoms with Crippen molar-refractivity contribution in [2.45, 2.75) is 51.0 Å². The summed E-state index contributed by atoms with van der Waals surface area (Å²) in [5.41, 5.74) is 2.35. The van der Waals surface area contributed by atoms with Crippen LogP contribution in [0.1, 0.15) is 45.1 Å². The van der Waals surface area contributed by atoms with Crippen molar-refractivity contribution in [3.05, 3.63) is 34.3 Å². The zero-order valence-electron chi connectivity index (χ0n) is 11.3. The molecule has 2 aliphatic carbocycles. The largest absolute Gasteiger partial charge is 0.313 e. The van der Waals surface area contributed by atoms with Crippen LogP contribution >= 0.6 is 15.9 Å². The molecule has 98 valence electrons. The van der Waals surface area contributed by atoms with E-state index < -0.39 is 0 Å². The summed E-state index contributed by atoms with van der Waals surface area (Å²) < 4.78 is 1.28. The number of hydrogen-bond donors (Lipinski definition) is 1. The lowest BCUT2D eigenvalue weighted by molar-refractivity contribution is 0.0555. The third kappa shape index (κ3) is 2.37. The van der Waals surface area contributed by atoms with E-state index in [4.69, 9.17) is 0 Å². The zero-order valence-corrected chi connectivity index (χ0v) is 12.9. The minimum Gasteiger partial charge on any atom is -0.313 e. The second kappa shape index (κ2) is 4.35. The summed E-state index contributed by atoms with van der Waals surface area (Å²) in [5, 5.41) is 3.74. The molecular weight excluding hydrogens is 286 g/mol. The first-order valence-electron chi connectivity index (χ1n) is 6.99. The number of hydrogen-bond acceptors (Lipinski definition) is 1. The summed E-state index contributed by atoms with van der Waals surface area (Å²) in [6.45, 7) is 5.92. The van der Waals surface area contributed by atoms with E-state index in [1.807, 2.05) is 0 Å². The smallest absolute Gasteiger partial charge is 0.0213 e. The quantitative estimate of drug-likeness (QED) is 0.876. The van der Waals surface area contributed by atoms with Crippen molar-refractivity contribution in [3.8, 4) is 0 Å². The van der Waals surface area contributed by atoms with Gasteiger partial charge in [0, 0.05) is 22.5 Å². The summed E-state index contributed by atoms with van der Waals surface area (Å²) >= 11 is 3.74. The first-order valence-corrected chi connectivity index (χ1v) is 7.79. The second-order valence-electron chi connectivity index (χ2n) is 6.93. The molecule has 0 amide bonds. The fraction of sp³-hybridized carbons (Fsp3) is 0.625. The van der Waals surface area contributed by atoms with Gasteiger partial charge < -0.3 is 5.32 Å². The van der Waals surface area contributed by atoms with Crippen LogP contribution in [-0.2, 0) is 5.41 Å². The average molecular weight is 308 g/mol. The topological polar surface area (TPSA) is 12.0 Å². The second-order valence-corrected chi connectivity index (χ2v) is 7.79. The molecule has 2 aliphatic rings. The van der Waals surface area contributed by atoms with Gasteiger partial charge in [-0.15, -0.1) is 0 Å². The molecule has 2 heteroatoms. The predicted octanol–water partition coefficient (Wildman–Crippen LogP) is 4.26. The van der Waals surface area contributed by atoms with Crippen molar-refractivity contribution in [2.75, 3.05) is 6.54 Å². The Morgan fingerprint density at radius 2 is 1.89 bits per heavy atom. The summed E-state index contributed by atoms with van der Waals surface area (Å²) in [4.78, 5) is 0. The first kappa shape index (κ1) is 12.7. The Kier molecular flexibility index (Phi) is 3.06. The summed E-state index contributed by atoms with van der Waals surface area (Å²) in [6, 6.07) is 9.56. The molecule has 0 aliphatic heterocycles. The van der Waals surface area contributed by atoms with Gasteiger partial charge in [0.05, 0.1) is 0 Å². The molecule has 1 aromatic rings. The lowest BCUT2D eigenvalue weighted by Gasteiger charge is -2.54. The van der Waals surface area contributed by atoms with E-state index in [1.54, 1.807) is 0 Å². The van der Waals surface area contributed by atoms with Crippen molar-refractivity contribution < 1.29 is 0 Å². The highest BCUT2D eigenvalue weighted by molar-refractivity contribution is 9.10. The summed E-state index contributed by atoms with van der Waals surface area (Å²) in [6.07, 6.45) is 5.33. The van der Waals surface area contributed by atoms with Crippen LogP contribution in [0.25, 0.3) is 0 Å². The molecule has 0 heterocycles. The van der Waals surface area contributed by atoms with Gasteiger partial charge >= 0.3 is 0 Å². The minimum atomic E-state index is 0.353. The van der Waals surface area contributed by atoms with Gasteiger partial charge in [-0.3, -0.25) is 0 Å². The van der Waals surface area contributed by atoms with Gasteiger partial charge in [-0.1, -0.05) is 48.0 Å². The third-order valence-electron chi connectivity index (χ3n) is 4.39. The van der Waals surface area contributed by atoms with Crippen LogP contribution in [-0.4, -0.2) is 12.6 Å². The van der Waals surface area contributed by atoms with E-state index in [-0.39, 0.29) is 0 Å². The van der Waals surface area contributed by atoms with Gasteiger partial charge in [-0.2, -0.15) is 0 Å². The molecule has 1 nitrogen and oxygen atoms in total. The van der Waals surface area contributed by atoms with Gasteiger partial charge in [0.15, 0.2) is 0 Å². The molecule has 0 spiro atoms. The van der Waals surface area contributed by atoms with E-state index >= 15 is 0 Å². The van der Waals surface area contributed by atoms with Crippen LogP contribution in [0.5, 0.6) is 0 Å². The molecule has 0 radical (unpaired) electrons. The number of nitrogens with one attached hydrogen (secondary N) is 1. The third-order valence-corrected chi connectivity index (χ3v) is 5.08. The molecule has 0 unspecified atom stereocenters. The number of rotatable bonds is 4. The Hall–Kier alpha value is -0.340. The molecule has 0 bridgehead atoms. The molecule has 1 aromatic carbocycles. The molecular formula is C16H22BrN. The average Bonchev–Trinajstić information content (AvgIpc) is 3.07. The molecule has 3 rings (SSSR count). The van der Waals surface area contributed by atoms with E-state index in [2.05, 4.69) is 59.4 Å².